The van der Waals surface area contributed by atoms with Gasteiger partial charge < -0.3 is 0 Å². The van der Waals surface area contributed by atoms with Gasteiger partial charge in [-0.25, -0.2) is 0 Å². The highest BCUT2D eigenvalue weighted by Gasteiger charge is 2.33. The maximum Gasteiger partial charge on any atom is -0.0197 e. The smallest absolute Gasteiger partial charge is 0.0197 e. The van der Waals surface area contributed by atoms with Crippen LogP contribution in [0.2, 0.25) is 0 Å². The topological polar surface area (TPSA) is 0 Å². The summed E-state index contributed by atoms with van der Waals surface area (Å²) in [7, 11) is 0. The van der Waals surface area contributed by atoms with E-state index in [1.54, 1.807) is 5.57 Å². The Kier molecular flexibility index (Phi) is 1.78. The average Bonchev–Trinajstić information content (AvgIpc) is 2.30. The molecule has 62 valence electrons. The first kappa shape index (κ1) is 7.39. The molecule has 0 saturated heterocycles. The second-order valence-corrected chi connectivity index (χ2v) is 4.31. The molecule has 0 N–H and O–H groups in total. The quantitative estimate of drug-likeness (QED) is 0.464. The molecule has 2 rings (SSSR count). The second kappa shape index (κ2) is 2.66. The third kappa shape index (κ3) is 1.13. The largest absolute Gasteiger partial charge is 0.0819 e. The van der Waals surface area contributed by atoms with Crippen LogP contribution in [0.5, 0.6) is 0 Å². The van der Waals surface area contributed by atoms with Gasteiger partial charge in [0.15, 0.2) is 0 Å². The van der Waals surface area contributed by atoms with Crippen LogP contribution in [0.25, 0.3) is 0 Å². The number of allylic oxidation sites excluding steroid dienone is 2. The van der Waals surface area contributed by atoms with Crippen molar-refractivity contribution in [2.75, 3.05) is 0 Å². The van der Waals surface area contributed by atoms with Crippen LogP contribution in [-0.4, -0.2) is 0 Å². The van der Waals surface area contributed by atoms with Crippen LogP contribution in [0.4, 0.5) is 0 Å². The number of hydrogen-bond donors (Lipinski definition) is 0. The van der Waals surface area contributed by atoms with Crippen molar-refractivity contribution in [2.24, 2.45) is 17.8 Å². The van der Waals surface area contributed by atoms with Crippen LogP contribution in [0.3, 0.4) is 0 Å². The van der Waals surface area contributed by atoms with Crippen LogP contribution < -0.4 is 0 Å². The molecule has 0 nitrogen and oxygen atoms in total. The molecule has 0 radical (unpaired) electrons. The summed E-state index contributed by atoms with van der Waals surface area (Å²) in [6.45, 7) is 4.71. The van der Waals surface area contributed by atoms with Crippen LogP contribution in [-0.2, 0) is 0 Å². The molecular weight excluding hydrogens is 132 g/mol. The lowest BCUT2D eigenvalue weighted by atomic mass is 9.77. The van der Waals surface area contributed by atoms with E-state index in [4.69, 9.17) is 0 Å². The van der Waals surface area contributed by atoms with Crippen molar-refractivity contribution < 1.29 is 0 Å². The van der Waals surface area contributed by atoms with Crippen LogP contribution in [0.1, 0.15) is 39.5 Å². The Morgan fingerprint density at radius 3 is 2.73 bits per heavy atom. The maximum absolute atomic E-state index is 2.54. The highest BCUT2D eigenvalue weighted by Crippen LogP contribution is 2.44. The summed E-state index contributed by atoms with van der Waals surface area (Å²) in [6, 6.07) is 0. The zero-order valence-electron chi connectivity index (χ0n) is 7.64. The van der Waals surface area contributed by atoms with Crippen LogP contribution in [0, 0.1) is 17.8 Å². The molecule has 3 atom stereocenters. The summed E-state index contributed by atoms with van der Waals surface area (Å²) < 4.78 is 0. The predicted octanol–water partition coefficient (Wildman–Crippen LogP) is 3.39. The molecule has 1 fully saturated rings. The van der Waals surface area contributed by atoms with E-state index in [9.17, 15) is 0 Å². The van der Waals surface area contributed by atoms with E-state index in [0.717, 1.165) is 17.8 Å². The van der Waals surface area contributed by atoms with E-state index in [-0.39, 0.29) is 0 Å². The molecule has 11 heavy (non-hydrogen) atoms. The van der Waals surface area contributed by atoms with Crippen molar-refractivity contribution in [3.05, 3.63) is 11.6 Å². The van der Waals surface area contributed by atoms with Gasteiger partial charge in [0.1, 0.15) is 0 Å². The first-order valence-corrected chi connectivity index (χ1v) is 4.97. The summed E-state index contributed by atoms with van der Waals surface area (Å²) in [6.07, 6.45) is 8.44. The van der Waals surface area contributed by atoms with Crippen molar-refractivity contribution in [1.82, 2.24) is 0 Å². The maximum atomic E-state index is 2.54. The van der Waals surface area contributed by atoms with Gasteiger partial charge in [0.2, 0.25) is 0 Å². The minimum atomic E-state index is 0.889. The van der Waals surface area contributed by atoms with Gasteiger partial charge in [-0.2, -0.15) is 0 Å². The standard InChI is InChI=1S/C11H18/c1-8-7-10-5-3-4-6-11(10)9(8)2/h7,9-11H,3-6H2,1-2H3. The van der Waals surface area contributed by atoms with Crippen molar-refractivity contribution in [2.45, 2.75) is 39.5 Å². The monoisotopic (exact) mass is 150 g/mol. The van der Waals surface area contributed by atoms with E-state index >= 15 is 0 Å². The van der Waals surface area contributed by atoms with Gasteiger partial charge in [-0.05, 0) is 37.5 Å². The molecule has 0 heterocycles. The summed E-state index contributed by atoms with van der Waals surface area (Å²) in [4.78, 5) is 0. The molecule has 0 heteroatoms. The Bertz CT molecular complexity index is 178. The molecule has 2 aliphatic carbocycles. The second-order valence-electron chi connectivity index (χ2n) is 4.31. The van der Waals surface area contributed by atoms with E-state index in [1.807, 2.05) is 0 Å². The Balaban J connectivity index is 2.13. The highest BCUT2D eigenvalue weighted by atomic mass is 14.4. The zero-order chi connectivity index (χ0) is 7.84. The fraction of sp³-hybridized carbons (Fsp3) is 0.818. The average molecular weight is 150 g/mol. The lowest BCUT2D eigenvalue weighted by Crippen LogP contribution is -2.18. The Morgan fingerprint density at radius 1 is 1.27 bits per heavy atom. The number of hydrogen-bond acceptors (Lipinski definition) is 0. The van der Waals surface area contributed by atoms with Gasteiger partial charge in [0.05, 0.1) is 0 Å². The Morgan fingerprint density at radius 2 is 2.00 bits per heavy atom. The normalized spacial score (nSPS) is 43.5. The first-order valence-electron chi connectivity index (χ1n) is 4.97. The molecule has 0 amide bonds. The highest BCUT2D eigenvalue weighted by molar-refractivity contribution is 5.15. The Labute approximate surface area is 69.7 Å². The first-order chi connectivity index (χ1) is 5.29. The lowest BCUT2D eigenvalue weighted by Gasteiger charge is -2.28. The van der Waals surface area contributed by atoms with Gasteiger partial charge in [-0.3, -0.25) is 0 Å². The van der Waals surface area contributed by atoms with Gasteiger partial charge >= 0.3 is 0 Å². The van der Waals surface area contributed by atoms with E-state index in [0.29, 0.717) is 0 Å². The predicted molar refractivity (Wildman–Crippen MR) is 48.4 cm³/mol. The third-order valence-electron chi connectivity index (χ3n) is 3.71. The molecule has 0 aromatic heterocycles. The molecule has 0 aromatic carbocycles. The van der Waals surface area contributed by atoms with Gasteiger partial charge in [-0.15, -0.1) is 0 Å². The third-order valence-corrected chi connectivity index (χ3v) is 3.71. The van der Waals surface area contributed by atoms with Gasteiger partial charge in [0.25, 0.3) is 0 Å². The van der Waals surface area contributed by atoms with Crippen LogP contribution >= 0.6 is 0 Å². The number of rotatable bonds is 0. The van der Waals surface area contributed by atoms with Crippen LogP contribution in [0.15, 0.2) is 11.6 Å². The fourth-order valence-corrected chi connectivity index (χ4v) is 2.84. The zero-order valence-corrected chi connectivity index (χ0v) is 7.64. The van der Waals surface area contributed by atoms with E-state index in [1.165, 1.54) is 25.7 Å². The molecule has 1 saturated carbocycles. The van der Waals surface area contributed by atoms with Gasteiger partial charge in [0, 0.05) is 0 Å². The molecule has 0 spiro atoms. The van der Waals surface area contributed by atoms with E-state index < -0.39 is 0 Å². The minimum absolute atomic E-state index is 0.889. The fourth-order valence-electron chi connectivity index (χ4n) is 2.84. The van der Waals surface area contributed by atoms with Crippen molar-refractivity contribution in [3.8, 4) is 0 Å². The summed E-state index contributed by atoms with van der Waals surface area (Å²) >= 11 is 0. The molecule has 0 aliphatic heterocycles. The van der Waals surface area contributed by atoms with E-state index in [2.05, 4.69) is 19.9 Å². The molecule has 3 unspecified atom stereocenters. The number of fused-ring (bicyclic) bond motifs is 1. The minimum Gasteiger partial charge on any atom is -0.0819 e. The SMILES string of the molecule is CC1=CC2CCCCC2C1C. The van der Waals surface area contributed by atoms with Crippen molar-refractivity contribution in [3.63, 3.8) is 0 Å². The summed E-state index contributed by atoms with van der Waals surface area (Å²) in [5, 5.41) is 0. The summed E-state index contributed by atoms with van der Waals surface area (Å²) in [5.74, 6) is 2.86. The molecule has 2 aliphatic rings. The lowest BCUT2D eigenvalue weighted by molar-refractivity contribution is 0.253. The van der Waals surface area contributed by atoms with Crippen molar-refractivity contribution in [1.29, 1.82) is 0 Å². The van der Waals surface area contributed by atoms with Crippen molar-refractivity contribution >= 4 is 0 Å². The molecule has 0 bridgehead atoms. The molecular formula is C11H18. The summed E-state index contributed by atoms with van der Waals surface area (Å²) in [5.41, 5.74) is 1.65. The Hall–Kier alpha value is -0.260. The molecule has 0 aromatic rings. The van der Waals surface area contributed by atoms with Gasteiger partial charge in [-0.1, -0.05) is 31.4 Å².